The van der Waals surface area contributed by atoms with Gasteiger partial charge in [0.2, 0.25) is 0 Å². The molecule has 0 unspecified atom stereocenters. The highest BCUT2D eigenvalue weighted by Crippen LogP contribution is 2.42. The van der Waals surface area contributed by atoms with Crippen LogP contribution in [0.1, 0.15) is 40.0 Å². The molecule has 22 heavy (non-hydrogen) atoms. The molecule has 0 aliphatic carbocycles. The van der Waals surface area contributed by atoms with Crippen molar-refractivity contribution in [1.82, 2.24) is 0 Å². The lowest BCUT2D eigenvalue weighted by Crippen LogP contribution is -2.54. The fourth-order valence-electron chi connectivity index (χ4n) is 2.77. The Morgan fingerprint density at radius 1 is 1.14 bits per heavy atom. The molecule has 122 valence electrons. The van der Waals surface area contributed by atoms with Crippen molar-refractivity contribution in [3.8, 4) is 11.5 Å². The molecule has 1 aliphatic heterocycles. The Morgan fingerprint density at radius 3 is 2.36 bits per heavy atom. The van der Waals surface area contributed by atoms with Gasteiger partial charge >= 0.3 is 0 Å². The molecule has 1 heterocycles. The van der Waals surface area contributed by atoms with Gasteiger partial charge in [-0.1, -0.05) is 19.8 Å². The van der Waals surface area contributed by atoms with Gasteiger partial charge in [0, 0.05) is 18.7 Å². The first kappa shape index (κ1) is 16.5. The van der Waals surface area contributed by atoms with Crippen molar-refractivity contribution < 1.29 is 14.3 Å². The molecule has 0 fully saturated rings. The standard InChI is InChI=1S/C17H26N2O3/c1-6-7-8-9-19-13-11-15(22-5)14(21-4)10-12(13)18-17(2,3)16(19)20/h10-11,18H,6-9H2,1-5H3. The number of methoxy groups -OCH3 is 2. The number of carbonyl (C=O) groups excluding carboxylic acids is 1. The molecule has 0 radical (unpaired) electrons. The molecular weight excluding hydrogens is 280 g/mol. The van der Waals surface area contributed by atoms with Gasteiger partial charge in [-0.25, -0.2) is 0 Å². The smallest absolute Gasteiger partial charge is 0.252 e. The average molecular weight is 306 g/mol. The lowest BCUT2D eigenvalue weighted by molar-refractivity contribution is -0.122. The van der Waals surface area contributed by atoms with Crippen molar-refractivity contribution >= 4 is 17.3 Å². The minimum absolute atomic E-state index is 0.0864. The first-order chi connectivity index (χ1) is 10.4. The fourth-order valence-corrected chi connectivity index (χ4v) is 2.77. The highest BCUT2D eigenvalue weighted by molar-refractivity contribution is 6.07. The third-order valence-corrected chi connectivity index (χ3v) is 4.00. The molecule has 0 aromatic heterocycles. The number of nitrogens with zero attached hydrogens (tertiary/aromatic N) is 1. The molecule has 0 spiro atoms. The third-order valence-electron chi connectivity index (χ3n) is 4.00. The van der Waals surface area contributed by atoms with E-state index in [0.29, 0.717) is 11.5 Å². The maximum Gasteiger partial charge on any atom is 0.252 e. The second-order valence-electron chi connectivity index (χ2n) is 6.14. The summed E-state index contributed by atoms with van der Waals surface area (Å²) in [6.07, 6.45) is 3.23. The van der Waals surface area contributed by atoms with Crippen LogP contribution in [-0.2, 0) is 4.79 Å². The summed E-state index contributed by atoms with van der Waals surface area (Å²) in [6, 6.07) is 3.77. The summed E-state index contributed by atoms with van der Waals surface area (Å²) in [6.45, 7) is 6.69. The van der Waals surface area contributed by atoms with E-state index < -0.39 is 5.54 Å². The average Bonchev–Trinajstić information content (AvgIpc) is 2.49. The molecule has 5 heteroatoms. The highest BCUT2D eigenvalue weighted by Gasteiger charge is 2.39. The van der Waals surface area contributed by atoms with Crippen LogP contribution in [0.15, 0.2) is 12.1 Å². The summed E-state index contributed by atoms with van der Waals surface area (Å²) >= 11 is 0. The van der Waals surface area contributed by atoms with Gasteiger partial charge in [-0.3, -0.25) is 4.79 Å². The summed E-state index contributed by atoms with van der Waals surface area (Å²) in [4.78, 5) is 14.6. The third kappa shape index (κ3) is 2.98. The van der Waals surface area contributed by atoms with Gasteiger partial charge in [0.15, 0.2) is 11.5 Å². The predicted molar refractivity (Wildman–Crippen MR) is 89.1 cm³/mol. The van der Waals surface area contributed by atoms with Gasteiger partial charge in [-0.2, -0.15) is 0 Å². The van der Waals surface area contributed by atoms with Crippen LogP contribution < -0.4 is 19.7 Å². The predicted octanol–water partition coefficient (Wildman–Crippen LogP) is 3.43. The van der Waals surface area contributed by atoms with E-state index in [1.165, 1.54) is 0 Å². The fraction of sp³-hybridized carbons (Fsp3) is 0.588. The molecule has 1 aliphatic rings. The molecule has 0 bridgehead atoms. The molecule has 1 amide bonds. The number of hydrogen-bond donors (Lipinski definition) is 1. The van der Waals surface area contributed by atoms with Gasteiger partial charge < -0.3 is 19.7 Å². The SMILES string of the molecule is CCCCCN1C(=O)C(C)(C)Nc2cc(OC)c(OC)cc21. The normalized spacial score (nSPS) is 16.0. The van der Waals surface area contributed by atoms with Crippen LogP contribution in [0.4, 0.5) is 11.4 Å². The molecule has 0 saturated carbocycles. The second kappa shape index (κ2) is 6.46. The summed E-state index contributed by atoms with van der Waals surface area (Å²) in [5.41, 5.74) is 1.13. The lowest BCUT2D eigenvalue weighted by Gasteiger charge is -2.40. The minimum atomic E-state index is -0.626. The van der Waals surface area contributed by atoms with Gasteiger partial charge in [0.05, 0.1) is 25.6 Å². The van der Waals surface area contributed by atoms with Crippen LogP contribution >= 0.6 is 0 Å². The van der Waals surface area contributed by atoms with Gasteiger partial charge in [0.25, 0.3) is 5.91 Å². The number of anilines is 2. The molecule has 0 saturated heterocycles. The van der Waals surface area contributed by atoms with Crippen LogP contribution in [0, 0.1) is 0 Å². The van der Waals surface area contributed by atoms with Crippen LogP contribution in [0.2, 0.25) is 0 Å². The zero-order chi connectivity index (χ0) is 16.3. The summed E-state index contributed by atoms with van der Waals surface area (Å²) < 4.78 is 10.7. The van der Waals surface area contributed by atoms with Crippen molar-refractivity contribution in [3.63, 3.8) is 0 Å². The largest absolute Gasteiger partial charge is 0.493 e. The molecule has 0 atom stereocenters. The Hall–Kier alpha value is -1.91. The number of amides is 1. The van der Waals surface area contributed by atoms with Crippen LogP contribution in [0.3, 0.4) is 0 Å². The Balaban J connectivity index is 2.44. The molecule has 5 nitrogen and oxygen atoms in total. The van der Waals surface area contributed by atoms with Crippen LogP contribution in [-0.4, -0.2) is 32.2 Å². The number of hydrogen-bond acceptors (Lipinski definition) is 4. The molecule has 2 rings (SSSR count). The number of unbranched alkanes of at least 4 members (excludes halogenated alkanes) is 2. The maximum absolute atomic E-state index is 12.7. The minimum Gasteiger partial charge on any atom is -0.493 e. The number of carbonyl (C=O) groups is 1. The summed E-state index contributed by atoms with van der Waals surface area (Å²) in [7, 11) is 3.22. The van der Waals surface area contributed by atoms with Crippen molar-refractivity contribution in [2.24, 2.45) is 0 Å². The van der Waals surface area contributed by atoms with E-state index in [-0.39, 0.29) is 5.91 Å². The van der Waals surface area contributed by atoms with E-state index >= 15 is 0 Å². The van der Waals surface area contributed by atoms with Gasteiger partial charge in [0.1, 0.15) is 5.54 Å². The van der Waals surface area contributed by atoms with Crippen molar-refractivity contribution in [1.29, 1.82) is 0 Å². The Morgan fingerprint density at radius 2 is 1.77 bits per heavy atom. The second-order valence-corrected chi connectivity index (χ2v) is 6.14. The Bertz CT molecular complexity index is 555. The van der Waals surface area contributed by atoms with E-state index in [9.17, 15) is 4.79 Å². The molecule has 1 N–H and O–H groups in total. The summed E-state index contributed by atoms with van der Waals surface area (Å²) in [5.74, 6) is 1.38. The lowest BCUT2D eigenvalue weighted by atomic mass is 9.97. The van der Waals surface area contributed by atoms with E-state index in [0.717, 1.165) is 37.2 Å². The topological polar surface area (TPSA) is 50.8 Å². The monoisotopic (exact) mass is 306 g/mol. The zero-order valence-electron chi connectivity index (χ0n) is 14.2. The van der Waals surface area contributed by atoms with Crippen LogP contribution in [0.25, 0.3) is 0 Å². The number of benzene rings is 1. The quantitative estimate of drug-likeness (QED) is 0.818. The van der Waals surface area contributed by atoms with Crippen LogP contribution in [0.5, 0.6) is 11.5 Å². The van der Waals surface area contributed by atoms with Crippen molar-refractivity contribution in [3.05, 3.63) is 12.1 Å². The van der Waals surface area contributed by atoms with Crippen molar-refractivity contribution in [2.45, 2.75) is 45.6 Å². The molecule has 1 aromatic carbocycles. The molecule has 1 aromatic rings. The molecular formula is C17H26N2O3. The van der Waals surface area contributed by atoms with E-state index in [4.69, 9.17) is 9.47 Å². The first-order valence-corrected chi connectivity index (χ1v) is 7.80. The zero-order valence-corrected chi connectivity index (χ0v) is 14.2. The number of ether oxygens (including phenoxy) is 2. The maximum atomic E-state index is 12.7. The Labute approximate surface area is 132 Å². The van der Waals surface area contributed by atoms with E-state index in [1.54, 1.807) is 14.2 Å². The number of nitrogens with one attached hydrogen (secondary N) is 1. The highest BCUT2D eigenvalue weighted by atomic mass is 16.5. The van der Waals surface area contributed by atoms with Gasteiger partial charge in [-0.15, -0.1) is 0 Å². The van der Waals surface area contributed by atoms with Gasteiger partial charge in [-0.05, 0) is 20.3 Å². The summed E-state index contributed by atoms with van der Waals surface area (Å²) in [5, 5.41) is 3.31. The number of rotatable bonds is 6. The first-order valence-electron chi connectivity index (χ1n) is 7.80. The van der Waals surface area contributed by atoms with E-state index in [2.05, 4.69) is 12.2 Å². The Kier molecular flexibility index (Phi) is 4.84. The number of fused-ring (bicyclic) bond motifs is 1. The van der Waals surface area contributed by atoms with E-state index in [1.807, 2.05) is 30.9 Å². The van der Waals surface area contributed by atoms with Crippen molar-refractivity contribution in [2.75, 3.05) is 31.0 Å².